The lowest BCUT2D eigenvalue weighted by atomic mass is 10.1. The van der Waals surface area contributed by atoms with Crippen molar-refractivity contribution in [3.05, 3.63) is 77.2 Å². The number of benzene rings is 3. The molecule has 150 valence electrons. The van der Waals surface area contributed by atoms with Crippen molar-refractivity contribution in [3.63, 3.8) is 0 Å². The molecule has 3 aromatic carbocycles. The van der Waals surface area contributed by atoms with Gasteiger partial charge < -0.3 is 9.64 Å². The Balaban J connectivity index is 1.42. The maximum Gasteiger partial charge on any atom is 0.270 e. The number of amides is 1. The van der Waals surface area contributed by atoms with E-state index in [2.05, 4.69) is 29.2 Å². The van der Waals surface area contributed by atoms with Crippen LogP contribution in [0.1, 0.15) is 5.56 Å². The summed E-state index contributed by atoms with van der Waals surface area (Å²) in [4.78, 5) is 17.8. The molecule has 3 aromatic rings. The van der Waals surface area contributed by atoms with Gasteiger partial charge in [-0.25, -0.2) is 0 Å². The van der Waals surface area contributed by atoms with Gasteiger partial charge in [-0.05, 0) is 35.2 Å². The van der Waals surface area contributed by atoms with Gasteiger partial charge in [-0.3, -0.25) is 9.69 Å². The van der Waals surface area contributed by atoms with Gasteiger partial charge >= 0.3 is 0 Å². The van der Waals surface area contributed by atoms with Crippen LogP contribution in [-0.2, 0) is 9.53 Å². The van der Waals surface area contributed by atoms with Crippen LogP contribution in [-0.4, -0.2) is 36.5 Å². The molecule has 0 spiro atoms. The average Bonchev–Trinajstić information content (AvgIpc) is 3.07. The van der Waals surface area contributed by atoms with Gasteiger partial charge in [-0.15, -0.1) is 0 Å². The summed E-state index contributed by atoms with van der Waals surface area (Å²) in [7, 11) is 0. The summed E-state index contributed by atoms with van der Waals surface area (Å²) in [6.45, 7) is 3.34. The molecule has 0 radical (unpaired) electrons. The first kappa shape index (κ1) is 19.3. The Morgan fingerprint density at radius 1 is 0.933 bits per heavy atom. The molecule has 2 saturated heterocycles. The number of fused-ring (bicyclic) bond motifs is 1. The fourth-order valence-corrected chi connectivity index (χ4v) is 5.12. The summed E-state index contributed by atoms with van der Waals surface area (Å²) in [5.74, 6) is -0.0707. The summed E-state index contributed by atoms with van der Waals surface area (Å²) in [6, 6.07) is 22.3. The highest BCUT2D eigenvalue weighted by Crippen LogP contribution is 2.39. The Bertz CT molecular complexity index is 1150. The molecular weight excluding hydrogens is 412 g/mol. The average molecular weight is 433 g/mol. The second-order valence-electron chi connectivity index (χ2n) is 7.21. The molecule has 0 N–H and O–H groups in total. The monoisotopic (exact) mass is 432 g/mol. The molecule has 30 heavy (non-hydrogen) atoms. The minimum atomic E-state index is -0.0707. The second-order valence-corrected chi connectivity index (χ2v) is 8.88. The lowest BCUT2D eigenvalue weighted by Crippen LogP contribution is -2.36. The molecule has 0 bridgehead atoms. The summed E-state index contributed by atoms with van der Waals surface area (Å²) < 4.78 is 5.98. The summed E-state index contributed by atoms with van der Waals surface area (Å²) in [5, 5.41) is 2.11. The Morgan fingerprint density at radius 3 is 2.47 bits per heavy atom. The highest BCUT2D eigenvalue weighted by molar-refractivity contribution is 8.27. The normalized spacial score (nSPS) is 18.6. The molecule has 4 nitrogen and oxygen atoms in total. The van der Waals surface area contributed by atoms with E-state index in [1.165, 1.54) is 17.4 Å². The molecule has 5 rings (SSSR count). The van der Waals surface area contributed by atoms with Gasteiger partial charge in [-0.1, -0.05) is 72.5 Å². The zero-order valence-electron chi connectivity index (χ0n) is 16.3. The minimum absolute atomic E-state index is 0.0707. The van der Waals surface area contributed by atoms with Gasteiger partial charge in [0, 0.05) is 24.2 Å². The first-order chi connectivity index (χ1) is 14.7. The summed E-state index contributed by atoms with van der Waals surface area (Å²) >= 11 is 6.92. The van der Waals surface area contributed by atoms with Crippen LogP contribution in [0.15, 0.2) is 71.6 Å². The number of nitrogens with zero attached hydrogens (tertiary/aromatic N) is 2. The lowest BCUT2D eigenvalue weighted by Gasteiger charge is -2.28. The van der Waals surface area contributed by atoms with Gasteiger partial charge in [0.2, 0.25) is 0 Å². The topological polar surface area (TPSA) is 32.8 Å². The molecule has 6 heteroatoms. The largest absolute Gasteiger partial charge is 0.378 e. The number of anilines is 2. The first-order valence-corrected chi connectivity index (χ1v) is 11.1. The molecule has 2 heterocycles. The standard InChI is InChI=1S/C24H20N2O2S2/c27-23-22(16-17-8-10-19(11-9-17)25-12-14-28-15-13-25)30-24(29)26(23)21-7-3-5-18-4-1-2-6-20(18)21/h1-11,16H,12-15H2/b22-16-. The molecule has 0 unspecified atom stereocenters. The molecule has 0 atom stereocenters. The van der Waals surface area contributed by atoms with Crippen LogP contribution in [0.4, 0.5) is 11.4 Å². The van der Waals surface area contributed by atoms with E-state index in [0.29, 0.717) is 9.23 Å². The maximum atomic E-state index is 13.2. The minimum Gasteiger partial charge on any atom is -0.378 e. The number of thioether (sulfide) groups is 1. The van der Waals surface area contributed by atoms with Crippen molar-refractivity contribution < 1.29 is 9.53 Å². The molecule has 2 fully saturated rings. The number of rotatable bonds is 3. The number of carbonyl (C=O) groups excluding carboxylic acids is 1. The highest BCUT2D eigenvalue weighted by atomic mass is 32.2. The molecule has 0 aromatic heterocycles. The third-order valence-electron chi connectivity index (χ3n) is 5.37. The van der Waals surface area contributed by atoms with Crippen molar-refractivity contribution in [2.24, 2.45) is 0 Å². The number of morpholine rings is 1. The van der Waals surface area contributed by atoms with Crippen LogP contribution in [0.5, 0.6) is 0 Å². The third-order valence-corrected chi connectivity index (χ3v) is 6.67. The summed E-state index contributed by atoms with van der Waals surface area (Å²) in [6.07, 6.45) is 1.92. The van der Waals surface area contributed by atoms with Crippen molar-refractivity contribution in [2.45, 2.75) is 0 Å². The quantitative estimate of drug-likeness (QED) is 0.426. The van der Waals surface area contributed by atoms with E-state index in [1.807, 2.05) is 48.5 Å². The van der Waals surface area contributed by atoms with E-state index >= 15 is 0 Å². The van der Waals surface area contributed by atoms with Crippen molar-refractivity contribution in [3.8, 4) is 0 Å². The number of thiocarbonyl (C=S) groups is 1. The van der Waals surface area contributed by atoms with Crippen LogP contribution in [0.25, 0.3) is 16.8 Å². The number of carbonyl (C=O) groups is 1. The number of hydrogen-bond donors (Lipinski definition) is 0. The van der Waals surface area contributed by atoms with Crippen molar-refractivity contribution in [2.75, 3.05) is 36.1 Å². The number of hydrogen-bond acceptors (Lipinski definition) is 5. The van der Waals surface area contributed by atoms with E-state index in [1.54, 1.807) is 4.90 Å². The molecular formula is C24H20N2O2S2. The van der Waals surface area contributed by atoms with Crippen molar-refractivity contribution >= 4 is 62.4 Å². The molecule has 1 amide bonds. The van der Waals surface area contributed by atoms with Crippen LogP contribution < -0.4 is 9.80 Å². The molecule has 0 saturated carbocycles. The van der Waals surface area contributed by atoms with Gasteiger partial charge in [-0.2, -0.15) is 0 Å². The smallest absolute Gasteiger partial charge is 0.270 e. The van der Waals surface area contributed by atoms with Crippen molar-refractivity contribution in [1.29, 1.82) is 0 Å². The van der Waals surface area contributed by atoms with Crippen LogP contribution in [0.2, 0.25) is 0 Å². The van der Waals surface area contributed by atoms with Crippen LogP contribution in [0.3, 0.4) is 0 Å². The van der Waals surface area contributed by atoms with Crippen LogP contribution in [0, 0.1) is 0 Å². The molecule has 2 aliphatic heterocycles. The second kappa shape index (κ2) is 8.22. The van der Waals surface area contributed by atoms with E-state index < -0.39 is 0 Å². The maximum absolute atomic E-state index is 13.2. The van der Waals surface area contributed by atoms with E-state index in [9.17, 15) is 4.79 Å². The predicted octanol–water partition coefficient (Wildman–Crippen LogP) is 5.08. The van der Waals surface area contributed by atoms with Gasteiger partial charge in [0.15, 0.2) is 4.32 Å². The highest BCUT2D eigenvalue weighted by Gasteiger charge is 2.34. The first-order valence-electron chi connectivity index (χ1n) is 9.89. The Labute approximate surface area is 185 Å². The van der Waals surface area contributed by atoms with Gasteiger partial charge in [0.1, 0.15) is 0 Å². The lowest BCUT2D eigenvalue weighted by molar-refractivity contribution is -0.113. The zero-order valence-corrected chi connectivity index (χ0v) is 17.9. The number of ether oxygens (including phenoxy) is 1. The fraction of sp³-hybridized carbons (Fsp3) is 0.167. The Kier molecular flexibility index (Phi) is 5.29. The van der Waals surface area contributed by atoms with E-state index in [-0.39, 0.29) is 5.91 Å². The van der Waals surface area contributed by atoms with Gasteiger partial charge in [0.05, 0.1) is 23.8 Å². The molecule has 0 aliphatic carbocycles. The fourth-order valence-electron chi connectivity index (χ4n) is 3.83. The zero-order chi connectivity index (χ0) is 20.5. The van der Waals surface area contributed by atoms with Crippen LogP contribution >= 0.6 is 24.0 Å². The summed E-state index contributed by atoms with van der Waals surface area (Å²) in [5.41, 5.74) is 3.01. The third kappa shape index (κ3) is 3.62. The van der Waals surface area contributed by atoms with Gasteiger partial charge in [0.25, 0.3) is 5.91 Å². The Hall–Kier alpha value is -2.67. The van der Waals surface area contributed by atoms with E-state index in [0.717, 1.165) is 48.3 Å². The predicted molar refractivity (Wildman–Crippen MR) is 129 cm³/mol. The van der Waals surface area contributed by atoms with E-state index in [4.69, 9.17) is 17.0 Å². The molecule has 2 aliphatic rings. The Morgan fingerprint density at radius 2 is 1.67 bits per heavy atom. The SMILES string of the molecule is O=C1/C(=C/c2ccc(N3CCOCC3)cc2)SC(=S)N1c1cccc2ccccc12. The van der Waals surface area contributed by atoms with Crippen molar-refractivity contribution in [1.82, 2.24) is 0 Å².